The summed E-state index contributed by atoms with van der Waals surface area (Å²) in [4.78, 5) is 47.1. The normalized spacial score (nSPS) is 15.2. The van der Waals surface area contributed by atoms with Gasteiger partial charge in [-0.3, -0.25) is 24.4 Å². The molecule has 0 bridgehead atoms. The maximum absolute atomic E-state index is 13.5. The Morgan fingerprint density at radius 3 is 2.54 bits per heavy atom. The first kappa shape index (κ1) is 30.3. The number of amides is 3. The lowest BCUT2D eigenvalue weighted by Crippen LogP contribution is -2.46. The van der Waals surface area contributed by atoms with Crippen molar-refractivity contribution < 1.29 is 27.5 Å². The molecule has 1 aromatic heterocycles. The predicted octanol–water partition coefficient (Wildman–Crippen LogP) is 3.55. The highest BCUT2D eigenvalue weighted by Crippen LogP contribution is 2.36. The van der Waals surface area contributed by atoms with E-state index in [-0.39, 0.29) is 18.4 Å². The number of methoxy groups -OCH3 is 1. The maximum atomic E-state index is 13.5. The van der Waals surface area contributed by atoms with Crippen molar-refractivity contribution in [3.05, 3.63) is 59.8 Å². The molecular weight excluding hydrogens is 587 g/mol. The van der Waals surface area contributed by atoms with Crippen molar-refractivity contribution in [2.24, 2.45) is 5.92 Å². The van der Waals surface area contributed by atoms with Crippen LogP contribution in [0.25, 0.3) is 0 Å². The zero-order valence-corrected chi connectivity index (χ0v) is 25.5. The predicted molar refractivity (Wildman–Crippen MR) is 160 cm³/mol. The minimum atomic E-state index is -3.69. The van der Waals surface area contributed by atoms with E-state index in [0.717, 1.165) is 21.0 Å². The van der Waals surface area contributed by atoms with Crippen molar-refractivity contribution in [1.82, 2.24) is 14.6 Å². The van der Waals surface area contributed by atoms with E-state index >= 15 is 0 Å². The zero-order valence-electron chi connectivity index (χ0n) is 23.0. The second kappa shape index (κ2) is 12.9. The van der Waals surface area contributed by atoms with Crippen LogP contribution in [-0.2, 0) is 14.8 Å². The number of likely N-dealkylation sites (tertiary alicyclic amines) is 1. The number of nitrogens with one attached hydrogen (secondary N) is 2. The number of benzene rings is 2. The van der Waals surface area contributed by atoms with Gasteiger partial charge in [0, 0.05) is 43.3 Å². The van der Waals surface area contributed by atoms with Gasteiger partial charge in [0.2, 0.25) is 15.9 Å². The molecule has 3 aromatic rings. The number of piperidine rings is 1. The van der Waals surface area contributed by atoms with Gasteiger partial charge in [0.1, 0.15) is 5.75 Å². The van der Waals surface area contributed by atoms with Crippen LogP contribution in [0, 0.1) is 5.92 Å². The van der Waals surface area contributed by atoms with Crippen molar-refractivity contribution in [3.63, 3.8) is 0 Å². The molecule has 0 radical (unpaired) electrons. The summed E-state index contributed by atoms with van der Waals surface area (Å²) in [6.07, 6.45) is 3.64. The Kier molecular flexibility index (Phi) is 9.56. The molecule has 0 aliphatic carbocycles. The molecule has 14 heteroatoms. The Morgan fingerprint density at radius 1 is 1.15 bits per heavy atom. The van der Waals surface area contributed by atoms with Gasteiger partial charge in [-0.25, -0.2) is 13.4 Å². The minimum absolute atomic E-state index is 0.108. The first-order valence-corrected chi connectivity index (χ1v) is 16.2. The molecule has 1 atom stereocenters. The van der Waals surface area contributed by atoms with Crippen LogP contribution in [0.5, 0.6) is 5.75 Å². The Morgan fingerprint density at radius 2 is 1.88 bits per heavy atom. The zero-order chi connectivity index (χ0) is 29.7. The van der Waals surface area contributed by atoms with Crippen LogP contribution in [0.1, 0.15) is 33.6 Å². The summed E-state index contributed by atoms with van der Waals surface area (Å²) in [5, 5.41) is 3.27. The highest BCUT2D eigenvalue weighted by atomic mass is 32.2. The number of sulfonamides is 1. The summed E-state index contributed by atoms with van der Waals surface area (Å²) in [6, 6.07) is 12.5. The Balaban J connectivity index is 1.44. The number of nitrogens with zero attached hydrogens (tertiary/aromatic N) is 3. The van der Waals surface area contributed by atoms with Crippen LogP contribution >= 0.6 is 23.1 Å². The smallest absolute Gasteiger partial charge is 0.257 e. The molecule has 1 fully saturated rings. The molecule has 1 unspecified atom stereocenters. The second-order valence-corrected chi connectivity index (χ2v) is 13.8. The number of hydrogen-bond acceptors (Lipinski definition) is 10. The molecule has 0 saturated carbocycles. The van der Waals surface area contributed by atoms with E-state index < -0.39 is 21.8 Å². The van der Waals surface area contributed by atoms with Crippen molar-refractivity contribution >= 4 is 61.7 Å². The molecule has 41 heavy (non-hydrogen) atoms. The van der Waals surface area contributed by atoms with Crippen LogP contribution in [0.2, 0.25) is 0 Å². The van der Waals surface area contributed by atoms with E-state index in [4.69, 9.17) is 4.74 Å². The molecular formula is C27H31N5O6S3. The summed E-state index contributed by atoms with van der Waals surface area (Å²) in [5.41, 5.74) is 1.84. The fourth-order valence-electron chi connectivity index (χ4n) is 4.29. The van der Waals surface area contributed by atoms with Crippen LogP contribution in [0.15, 0.2) is 57.8 Å². The molecule has 3 amide bonds. The van der Waals surface area contributed by atoms with Gasteiger partial charge in [0.25, 0.3) is 11.8 Å². The average Bonchev–Trinajstić information content (AvgIpc) is 3.38. The summed E-state index contributed by atoms with van der Waals surface area (Å²) >= 11 is 2.70. The second-order valence-electron chi connectivity index (χ2n) is 9.67. The van der Waals surface area contributed by atoms with Gasteiger partial charge in [0.05, 0.1) is 35.3 Å². The van der Waals surface area contributed by atoms with E-state index in [0.29, 0.717) is 41.4 Å². The summed E-state index contributed by atoms with van der Waals surface area (Å²) in [6.45, 7) is 0.550. The van der Waals surface area contributed by atoms with Crippen molar-refractivity contribution in [2.75, 3.05) is 50.8 Å². The molecule has 1 aliphatic rings. The SMILES string of the molecule is COc1ccc(Sc2cnc(NC(=O)c3ccc(N(C)C)cc3)s2)cc1C(=O)N1CCCC(C(=O)NS(C)(=O)=O)C1. The molecule has 2 N–H and O–H groups in total. The van der Waals surface area contributed by atoms with Gasteiger partial charge in [-0.1, -0.05) is 23.1 Å². The average molecular weight is 618 g/mol. The van der Waals surface area contributed by atoms with Crippen LogP contribution in [0.4, 0.5) is 10.8 Å². The number of hydrogen-bond donors (Lipinski definition) is 2. The number of anilines is 2. The number of aromatic nitrogens is 1. The quantitative estimate of drug-likeness (QED) is 0.369. The molecule has 2 heterocycles. The summed E-state index contributed by atoms with van der Waals surface area (Å²) in [5.74, 6) is -1.41. The van der Waals surface area contributed by atoms with Crippen LogP contribution in [-0.4, -0.2) is 76.6 Å². The van der Waals surface area contributed by atoms with Crippen molar-refractivity contribution in [2.45, 2.75) is 21.9 Å². The molecule has 11 nitrogen and oxygen atoms in total. The highest BCUT2D eigenvalue weighted by Gasteiger charge is 2.31. The van der Waals surface area contributed by atoms with E-state index in [2.05, 4.69) is 10.3 Å². The fraction of sp³-hybridized carbons (Fsp3) is 0.333. The molecule has 0 spiro atoms. The molecule has 1 saturated heterocycles. The molecule has 218 valence electrons. The Hall–Kier alpha value is -3.62. The van der Waals surface area contributed by atoms with Gasteiger partial charge in [-0.15, -0.1) is 0 Å². The largest absolute Gasteiger partial charge is 0.496 e. The standard InChI is InChI=1S/C27H31N5O6S3/c1-31(2)19-9-7-17(8-10-19)24(33)29-27-28-15-23(40-27)39-20-11-12-22(38-3)21(14-20)26(35)32-13-5-6-18(16-32)25(34)30-41(4,36)37/h7-12,14-15,18H,5-6,13,16H2,1-4H3,(H,30,34)(H,28,29,33). The first-order valence-electron chi connectivity index (χ1n) is 12.6. The minimum Gasteiger partial charge on any atom is -0.496 e. The maximum Gasteiger partial charge on any atom is 0.257 e. The highest BCUT2D eigenvalue weighted by molar-refractivity contribution is 8.01. The fourth-order valence-corrected chi connectivity index (χ4v) is 6.71. The number of rotatable bonds is 9. The Labute approximate surface area is 247 Å². The summed E-state index contributed by atoms with van der Waals surface area (Å²) in [7, 11) is 1.65. The lowest BCUT2D eigenvalue weighted by molar-refractivity contribution is -0.124. The van der Waals surface area contributed by atoms with Crippen molar-refractivity contribution in [1.29, 1.82) is 0 Å². The van der Waals surface area contributed by atoms with Crippen LogP contribution < -0.4 is 19.7 Å². The number of thiazole rings is 1. The Bertz CT molecular complexity index is 1540. The third kappa shape index (κ3) is 7.99. The van der Waals surface area contributed by atoms with Gasteiger partial charge in [-0.05, 0) is 55.3 Å². The summed E-state index contributed by atoms with van der Waals surface area (Å²) < 4.78 is 31.2. The van der Waals surface area contributed by atoms with E-state index in [1.54, 1.807) is 35.4 Å². The molecule has 4 rings (SSSR count). The lowest BCUT2D eigenvalue weighted by atomic mass is 9.97. The number of ether oxygens (including phenoxy) is 1. The topological polar surface area (TPSA) is 138 Å². The van der Waals surface area contributed by atoms with Crippen LogP contribution in [0.3, 0.4) is 0 Å². The third-order valence-electron chi connectivity index (χ3n) is 6.34. The van der Waals surface area contributed by atoms with E-state index in [9.17, 15) is 22.8 Å². The van der Waals surface area contributed by atoms with Gasteiger partial charge < -0.3 is 14.5 Å². The molecule has 2 aromatic carbocycles. The van der Waals surface area contributed by atoms with Gasteiger partial charge in [-0.2, -0.15) is 0 Å². The number of carbonyl (C=O) groups excluding carboxylic acids is 3. The van der Waals surface area contributed by atoms with Crippen molar-refractivity contribution in [3.8, 4) is 5.75 Å². The monoisotopic (exact) mass is 617 g/mol. The first-order chi connectivity index (χ1) is 19.4. The van der Waals surface area contributed by atoms with E-state index in [1.165, 1.54) is 30.2 Å². The van der Waals surface area contributed by atoms with E-state index in [1.807, 2.05) is 41.9 Å². The third-order valence-corrected chi connectivity index (χ3v) is 8.91. The van der Waals surface area contributed by atoms with Gasteiger partial charge in [0.15, 0.2) is 5.13 Å². The molecule has 1 aliphatic heterocycles. The lowest BCUT2D eigenvalue weighted by Gasteiger charge is -2.32. The van der Waals surface area contributed by atoms with Gasteiger partial charge >= 0.3 is 0 Å². The number of carbonyl (C=O) groups is 3.